The van der Waals surface area contributed by atoms with Crippen LogP contribution >= 0.6 is 11.3 Å². The maximum Gasteiger partial charge on any atom is 0.318 e. The summed E-state index contributed by atoms with van der Waals surface area (Å²) in [5, 5.41) is 13.5. The number of aromatic nitrogens is 3. The number of nitrogens with one attached hydrogen (secondary N) is 1. The van der Waals surface area contributed by atoms with E-state index in [1.807, 2.05) is 0 Å². The molecular weight excluding hydrogens is 381 g/mol. The molecule has 1 aromatic carbocycles. The molecule has 0 spiro atoms. The molecule has 0 atom stereocenters. The summed E-state index contributed by atoms with van der Waals surface area (Å²) in [5.41, 5.74) is 0.563. The van der Waals surface area contributed by atoms with Gasteiger partial charge in [0.1, 0.15) is 16.4 Å². The number of rotatable bonds is 4. The number of thiazole rings is 1. The van der Waals surface area contributed by atoms with Crippen molar-refractivity contribution in [1.29, 1.82) is 0 Å². The van der Waals surface area contributed by atoms with Crippen LogP contribution in [0, 0.1) is 18.7 Å². The highest BCUT2D eigenvalue weighted by atomic mass is 32.1. The van der Waals surface area contributed by atoms with Crippen molar-refractivity contribution < 1.29 is 13.6 Å². The van der Waals surface area contributed by atoms with Gasteiger partial charge < -0.3 is 14.6 Å². The van der Waals surface area contributed by atoms with Crippen LogP contribution in [0.1, 0.15) is 29.6 Å². The summed E-state index contributed by atoms with van der Waals surface area (Å²) in [6.45, 7) is 2.72. The highest BCUT2D eigenvalue weighted by Crippen LogP contribution is 2.56. The molecule has 0 unspecified atom stereocenters. The predicted molar refractivity (Wildman–Crippen MR) is 99.9 cm³/mol. The SMILES string of the molecule is Cc1nnc(C23CC(CN2C(=O)NCc2nc(-c4ccccc4F)cs2)C3)o1. The molecule has 2 bridgehead atoms. The molecule has 7 nitrogen and oxygen atoms in total. The number of hydrogen-bond donors (Lipinski definition) is 1. The number of benzene rings is 1. The Morgan fingerprint density at radius 3 is 2.96 bits per heavy atom. The van der Waals surface area contributed by atoms with Crippen molar-refractivity contribution in [2.75, 3.05) is 6.54 Å². The van der Waals surface area contributed by atoms with E-state index in [-0.39, 0.29) is 18.4 Å². The number of amides is 2. The van der Waals surface area contributed by atoms with Crippen LogP contribution in [0.5, 0.6) is 0 Å². The van der Waals surface area contributed by atoms with Gasteiger partial charge >= 0.3 is 6.03 Å². The van der Waals surface area contributed by atoms with E-state index in [2.05, 4.69) is 20.5 Å². The Balaban J connectivity index is 1.28. The Kier molecular flexibility index (Phi) is 3.94. The molecule has 3 fully saturated rings. The lowest BCUT2D eigenvalue weighted by molar-refractivity contribution is 0.0905. The minimum atomic E-state index is -0.475. The number of urea groups is 1. The highest BCUT2D eigenvalue weighted by Gasteiger charge is 2.62. The zero-order valence-electron chi connectivity index (χ0n) is 15.2. The zero-order valence-corrected chi connectivity index (χ0v) is 16.0. The first-order valence-corrected chi connectivity index (χ1v) is 9.98. The maximum absolute atomic E-state index is 13.9. The van der Waals surface area contributed by atoms with Crippen LogP contribution in [-0.4, -0.2) is 32.7 Å². The van der Waals surface area contributed by atoms with Crippen LogP contribution in [0.4, 0.5) is 9.18 Å². The average molecular weight is 399 g/mol. The van der Waals surface area contributed by atoms with E-state index < -0.39 is 5.54 Å². The normalized spacial score (nSPS) is 22.9. The van der Waals surface area contributed by atoms with Gasteiger partial charge in [0.15, 0.2) is 0 Å². The average Bonchev–Trinajstić information content (AvgIpc) is 3.42. The van der Waals surface area contributed by atoms with Gasteiger partial charge in [0.25, 0.3) is 0 Å². The minimum Gasteiger partial charge on any atom is -0.423 e. The number of carbonyl (C=O) groups is 1. The van der Waals surface area contributed by atoms with Crippen molar-refractivity contribution in [1.82, 2.24) is 25.4 Å². The molecule has 2 aromatic heterocycles. The Morgan fingerprint density at radius 1 is 1.39 bits per heavy atom. The summed E-state index contributed by atoms with van der Waals surface area (Å²) >= 11 is 1.40. The fraction of sp³-hybridized carbons (Fsp3) is 0.368. The summed E-state index contributed by atoms with van der Waals surface area (Å²) < 4.78 is 19.5. The Morgan fingerprint density at radius 2 is 2.21 bits per heavy atom. The molecule has 3 aliphatic rings. The van der Waals surface area contributed by atoms with Gasteiger partial charge in [-0.15, -0.1) is 21.5 Å². The van der Waals surface area contributed by atoms with Gasteiger partial charge in [-0.3, -0.25) is 0 Å². The molecule has 144 valence electrons. The summed E-state index contributed by atoms with van der Waals surface area (Å²) in [5.74, 6) is 1.19. The molecule has 2 amide bonds. The van der Waals surface area contributed by atoms with E-state index in [1.165, 1.54) is 17.4 Å². The molecule has 4 heterocycles. The van der Waals surface area contributed by atoms with Crippen molar-refractivity contribution in [3.63, 3.8) is 0 Å². The Bertz CT molecular complexity index is 1040. The molecule has 1 aliphatic carbocycles. The zero-order chi connectivity index (χ0) is 19.3. The third kappa shape index (κ3) is 2.69. The molecular formula is C19H18FN5O2S. The fourth-order valence-corrected chi connectivity index (χ4v) is 4.90. The smallest absolute Gasteiger partial charge is 0.318 e. The second-order valence-electron chi connectivity index (χ2n) is 7.31. The van der Waals surface area contributed by atoms with Crippen LogP contribution < -0.4 is 5.32 Å². The van der Waals surface area contributed by atoms with Gasteiger partial charge in [0, 0.05) is 24.4 Å². The Hall–Kier alpha value is -2.81. The number of carbonyl (C=O) groups excluding carboxylic acids is 1. The standard InChI is InChI=1S/C19H18FN5O2S/c1-11-23-24-17(27-11)19-6-12(7-19)9-25(19)18(26)21-8-16-22-15(10-28-16)13-4-2-3-5-14(13)20/h2-5,10,12H,6-9H2,1H3,(H,21,26). The first kappa shape index (κ1) is 17.3. The number of aryl methyl sites for hydroxylation is 1. The summed E-state index contributed by atoms with van der Waals surface area (Å²) in [6, 6.07) is 6.36. The quantitative estimate of drug-likeness (QED) is 0.726. The molecule has 0 radical (unpaired) electrons. The van der Waals surface area contributed by atoms with Gasteiger partial charge in [-0.25, -0.2) is 14.2 Å². The first-order chi connectivity index (χ1) is 13.5. The summed E-state index contributed by atoms with van der Waals surface area (Å²) in [6.07, 6.45) is 1.72. The second kappa shape index (κ2) is 6.37. The number of hydrogen-bond acceptors (Lipinski definition) is 6. The monoisotopic (exact) mass is 399 g/mol. The topological polar surface area (TPSA) is 84.2 Å². The third-order valence-corrected chi connectivity index (χ3v) is 6.32. The van der Waals surface area contributed by atoms with Crippen molar-refractivity contribution in [3.8, 4) is 11.3 Å². The van der Waals surface area contributed by atoms with Crippen molar-refractivity contribution in [3.05, 3.63) is 52.3 Å². The van der Waals surface area contributed by atoms with E-state index in [1.54, 1.807) is 35.4 Å². The number of fused-ring (bicyclic) bond motifs is 1. The fourth-order valence-electron chi connectivity index (χ4n) is 4.16. The van der Waals surface area contributed by atoms with Crippen LogP contribution in [-0.2, 0) is 12.1 Å². The number of nitrogens with zero attached hydrogens (tertiary/aromatic N) is 4. The minimum absolute atomic E-state index is 0.168. The van der Waals surface area contributed by atoms with Crippen LogP contribution in [0.15, 0.2) is 34.1 Å². The van der Waals surface area contributed by atoms with E-state index in [9.17, 15) is 9.18 Å². The molecule has 1 N–H and O–H groups in total. The molecule has 2 aliphatic heterocycles. The molecule has 9 heteroatoms. The molecule has 2 saturated heterocycles. The lowest BCUT2D eigenvalue weighted by atomic mass is 9.73. The predicted octanol–water partition coefficient (Wildman–Crippen LogP) is 3.47. The lowest BCUT2D eigenvalue weighted by Gasteiger charge is -2.38. The molecule has 3 aromatic rings. The summed E-state index contributed by atoms with van der Waals surface area (Å²) in [4.78, 5) is 19.1. The number of halogens is 1. The third-order valence-electron chi connectivity index (χ3n) is 5.47. The largest absolute Gasteiger partial charge is 0.423 e. The maximum atomic E-state index is 13.9. The van der Waals surface area contributed by atoms with Crippen LogP contribution in [0.2, 0.25) is 0 Å². The van der Waals surface area contributed by atoms with E-state index >= 15 is 0 Å². The van der Waals surface area contributed by atoms with E-state index in [0.717, 1.165) is 17.8 Å². The van der Waals surface area contributed by atoms with Gasteiger partial charge in [0.05, 0.1) is 12.2 Å². The lowest BCUT2D eigenvalue weighted by Crippen LogP contribution is -2.49. The summed E-state index contributed by atoms with van der Waals surface area (Å²) in [7, 11) is 0. The van der Waals surface area contributed by atoms with E-state index in [4.69, 9.17) is 4.42 Å². The van der Waals surface area contributed by atoms with Crippen molar-refractivity contribution >= 4 is 17.4 Å². The van der Waals surface area contributed by atoms with Gasteiger partial charge in [-0.05, 0) is 30.9 Å². The first-order valence-electron chi connectivity index (χ1n) is 9.10. The van der Waals surface area contributed by atoms with Crippen molar-refractivity contribution in [2.24, 2.45) is 5.92 Å². The Labute approximate surface area is 164 Å². The van der Waals surface area contributed by atoms with E-state index in [0.29, 0.717) is 35.5 Å². The second-order valence-corrected chi connectivity index (χ2v) is 8.25. The van der Waals surface area contributed by atoms with Gasteiger partial charge in [-0.2, -0.15) is 0 Å². The van der Waals surface area contributed by atoms with Crippen molar-refractivity contribution in [2.45, 2.75) is 31.8 Å². The van der Waals surface area contributed by atoms with Crippen LogP contribution in [0.3, 0.4) is 0 Å². The molecule has 6 rings (SSSR count). The van der Waals surface area contributed by atoms with Gasteiger partial charge in [-0.1, -0.05) is 12.1 Å². The molecule has 28 heavy (non-hydrogen) atoms. The molecule has 1 saturated carbocycles. The highest BCUT2D eigenvalue weighted by molar-refractivity contribution is 7.09. The van der Waals surface area contributed by atoms with Crippen LogP contribution in [0.25, 0.3) is 11.3 Å². The van der Waals surface area contributed by atoms with Gasteiger partial charge in [0.2, 0.25) is 11.8 Å².